The average molecular weight is 477 g/mol. The van der Waals surface area contributed by atoms with Gasteiger partial charge in [-0.25, -0.2) is 0 Å². The van der Waals surface area contributed by atoms with Crippen molar-refractivity contribution in [1.29, 1.82) is 0 Å². The second-order valence-corrected chi connectivity index (χ2v) is 10.2. The Hall–Kier alpha value is -1.58. The molecule has 0 atom stereocenters. The molecule has 4 heteroatoms. The summed E-state index contributed by atoms with van der Waals surface area (Å²) in [5.74, 6) is -2.24. The molecule has 0 heterocycles. The van der Waals surface area contributed by atoms with Crippen molar-refractivity contribution in [3.8, 4) is 0 Å². The standard InChI is InChI=1S/C30H52O4/c1-3-5-7-9-11-13-15-17-19-21-23-25-27(31)26(29(33)30(34)28(25)32)24-22-20-18-16-14-12-10-8-6-4-2/h31-32H,3-24H2,1-2H3. The number of aliphatic hydroxyl groups is 2. The van der Waals surface area contributed by atoms with Crippen LogP contribution in [-0.4, -0.2) is 21.8 Å². The first kappa shape index (κ1) is 30.5. The van der Waals surface area contributed by atoms with Gasteiger partial charge in [-0.05, 0) is 25.7 Å². The fourth-order valence-corrected chi connectivity index (χ4v) is 4.83. The summed E-state index contributed by atoms with van der Waals surface area (Å²) in [5, 5.41) is 20.9. The summed E-state index contributed by atoms with van der Waals surface area (Å²) in [6.45, 7) is 4.47. The number of hydrogen-bond donors (Lipinski definition) is 2. The van der Waals surface area contributed by atoms with E-state index in [1.54, 1.807) is 0 Å². The predicted molar refractivity (Wildman–Crippen MR) is 142 cm³/mol. The number of hydrogen-bond acceptors (Lipinski definition) is 4. The molecule has 0 aromatic heterocycles. The Kier molecular flexibility index (Phi) is 17.6. The van der Waals surface area contributed by atoms with Crippen molar-refractivity contribution in [3.63, 3.8) is 0 Å². The van der Waals surface area contributed by atoms with Crippen LogP contribution in [0.1, 0.15) is 155 Å². The van der Waals surface area contributed by atoms with Crippen LogP contribution < -0.4 is 0 Å². The third-order valence-electron chi connectivity index (χ3n) is 7.11. The van der Waals surface area contributed by atoms with Gasteiger partial charge in [-0.1, -0.05) is 129 Å². The Morgan fingerprint density at radius 1 is 0.412 bits per heavy atom. The van der Waals surface area contributed by atoms with Crippen molar-refractivity contribution in [1.82, 2.24) is 0 Å². The summed E-state index contributed by atoms with van der Waals surface area (Å²) in [6.07, 6.45) is 24.8. The summed E-state index contributed by atoms with van der Waals surface area (Å²) >= 11 is 0. The van der Waals surface area contributed by atoms with Gasteiger partial charge in [-0.15, -0.1) is 0 Å². The molecule has 0 bridgehead atoms. The fraction of sp³-hybridized carbons (Fsp3) is 0.800. The monoisotopic (exact) mass is 476 g/mol. The number of ketones is 2. The molecule has 1 aliphatic carbocycles. The van der Waals surface area contributed by atoms with Crippen LogP contribution in [0.2, 0.25) is 0 Å². The van der Waals surface area contributed by atoms with Crippen LogP contribution in [0.5, 0.6) is 0 Å². The molecule has 196 valence electrons. The summed E-state index contributed by atoms with van der Waals surface area (Å²) in [6, 6.07) is 0. The van der Waals surface area contributed by atoms with Gasteiger partial charge in [-0.3, -0.25) is 9.59 Å². The van der Waals surface area contributed by atoms with E-state index in [9.17, 15) is 19.8 Å². The van der Waals surface area contributed by atoms with Crippen molar-refractivity contribution in [2.24, 2.45) is 0 Å². The number of unbranched alkanes of at least 4 members (excludes halogenated alkanes) is 18. The van der Waals surface area contributed by atoms with Crippen molar-refractivity contribution < 1.29 is 19.8 Å². The van der Waals surface area contributed by atoms with E-state index in [0.29, 0.717) is 12.8 Å². The molecule has 0 radical (unpaired) electrons. The molecular weight excluding hydrogens is 424 g/mol. The molecule has 0 saturated heterocycles. The molecule has 0 spiro atoms. The van der Waals surface area contributed by atoms with Gasteiger partial charge in [0.05, 0.1) is 0 Å². The number of aliphatic hydroxyl groups excluding tert-OH is 2. The topological polar surface area (TPSA) is 74.6 Å². The molecule has 4 nitrogen and oxygen atoms in total. The molecular formula is C30H52O4. The van der Waals surface area contributed by atoms with Crippen LogP contribution in [0.25, 0.3) is 0 Å². The first-order valence-electron chi connectivity index (χ1n) is 14.5. The van der Waals surface area contributed by atoms with Crippen LogP contribution in [0, 0.1) is 0 Å². The van der Waals surface area contributed by atoms with E-state index in [-0.39, 0.29) is 16.9 Å². The van der Waals surface area contributed by atoms with E-state index < -0.39 is 17.3 Å². The lowest BCUT2D eigenvalue weighted by molar-refractivity contribution is -0.134. The summed E-state index contributed by atoms with van der Waals surface area (Å²) in [5.41, 5.74) is 0.496. The number of Topliss-reactive ketones (excluding diaryl/α,β-unsaturated/α-hetero) is 2. The zero-order valence-electron chi connectivity index (χ0n) is 22.3. The van der Waals surface area contributed by atoms with Crippen molar-refractivity contribution in [2.45, 2.75) is 155 Å². The third-order valence-corrected chi connectivity index (χ3v) is 7.11. The van der Waals surface area contributed by atoms with Crippen molar-refractivity contribution in [2.75, 3.05) is 0 Å². The highest BCUT2D eigenvalue weighted by Gasteiger charge is 2.34. The minimum atomic E-state index is -0.845. The van der Waals surface area contributed by atoms with E-state index in [1.165, 1.54) is 89.9 Å². The lowest BCUT2D eigenvalue weighted by Gasteiger charge is -2.18. The summed E-state index contributed by atoms with van der Waals surface area (Å²) in [7, 11) is 0. The maximum absolute atomic E-state index is 12.4. The minimum absolute atomic E-state index is 0.131. The van der Waals surface area contributed by atoms with Crippen molar-refractivity contribution >= 4 is 11.6 Å². The molecule has 1 aliphatic rings. The van der Waals surface area contributed by atoms with Gasteiger partial charge < -0.3 is 10.2 Å². The van der Waals surface area contributed by atoms with E-state index in [2.05, 4.69) is 13.8 Å². The van der Waals surface area contributed by atoms with Crippen molar-refractivity contribution in [3.05, 3.63) is 22.7 Å². The Morgan fingerprint density at radius 3 is 1.12 bits per heavy atom. The Balaban J connectivity index is 2.32. The first-order chi connectivity index (χ1) is 16.5. The van der Waals surface area contributed by atoms with Crippen LogP contribution >= 0.6 is 0 Å². The molecule has 0 aliphatic heterocycles. The fourth-order valence-electron chi connectivity index (χ4n) is 4.83. The highest BCUT2D eigenvalue weighted by molar-refractivity contribution is 6.49. The lowest BCUT2D eigenvalue weighted by atomic mass is 9.88. The zero-order chi connectivity index (χ0) is 25.0. The number of allylic oxidation sites excluding steroid dienone is 3. The van der Waals surface area contributed by atoms with Crippen LogP contribution in [0.4, 0.5) is 0 Å². The van der Waals surface area contributed by atoms with E-state index in [0.717, 1.165) is 38.5 Å². The second-order valence-electron chi connectivity index (χ2n) is 10.2. The smallest absolute Gasteiger partial charge is 0.267 e. The van der Waals surface area contributed by atoms with E-state index >= 15 is 0 Å². The largest absolute Gasteiger partial charge is 0.507 e. The maximum atomic E-state index is 12.4. The van der Waals surface area contributed by atoms with Gasteiger partial charge >= 0.3 is 0 Å². The second kappa shape index (κ2) is 19.7. The predicted octanol–water partition coefficient (Wildman–Crippen LogP) is 9.38. The van der Waals surface area contributed by atoms with Gasteiger partial charge in [0.15, 0.2) is 5.76 Å². The maximum Gasteiger partial charge on any atom is 0.267 e. The number of rotatable bonds is 22. The number of carbonyl (C=O) groups is 2. The highest BCUT2D eigenvalue weighted by Crippen LogP contribution is 2.30. The SMILES string of the molecule is CCCCCCCCCCCCC1=C(O)C(CCCCCCCCCCCC)=C(O)C(=O)C1=O. The lowest BCUT2D eigenvalue weighted by Crippen LogP contribution is -2.26. The molecule has 0 saturated carbocycles. The normalized spacial score (nSPS) is 14.5. The Bertz CT molecular complexity index is 617. The molecule has 0 aromatic carbocycles. The molecule has 1 rings (SSSR count). The van der Waals surface area contributed by atoms with Gasteiger partial charge in [0.2, 0.25) is 5.78 Å². The van der Waals surface area contributed by atoms with Gasteiger partial charge in [0.1, 0.15) is 5.76 Å². The summed E-state index contributed by atoms with van der Waals surface area (Å²) in [4.78, 5) is 24.6. The molecule has 0 amide bonds. The van der Waals surface area contributed by atoms with Gasteiger partial charge in [-0.2, -0.15) is 0 Å². The molecule has 2 N–H and O–H groups in total. The van der Waals surface area contributed by atoms with E-state index in [1.807, 2.05) is 0 Å². The molecule has 0 unspecified atom stereocenters. The zero-order valence-corrected chi connectivity index (χ0v) is 22.3. The Morgan fingerprint density at radius 2 is 0.735 bits per heavy atom. The number of carbonyl (C=O) groups excluding carboxylic acids is 2. The first-order valence-corrected chi connectivity index (χ1v) is 14.5. The molecule has 0 fully saturated rings. The quantitative estimate of drug-likeness (QED) is 0.0927. The minimum Gasteiger partial charge on any atom is -0.507 e. The summed E-state index contributed by atoms with van der Waals surface area (Å²) < 4.78 is 0. The van der Waals surface area contributed by atoms with Gasteiger partial charge in [0, 0.05) is 11.1 Å². The van der Waals surface area contributed by atoms with Gasteiger partial charge in [0.25, 0.3) is 5.78 Å². The Labute approximate surface area is 209 Å². The average Bonchev–Trinajstić information content (AvgIpc) is 2.83. The third kappa shape index (κ3) is 12.2. The highest BCUT2D eigenvalue weighted by atomic mass is 16.3. The van der Waals surface area contributed by atoms with Crippen LogP contribution in [0.15, 0.2) is 22.7 Å². The van der Waals surface area contributed by atoms with Crippen LogP contribution in [-0.2, 0) is 9.59 Å². The molecule has 0 aromatic rings. The van der Waals surface area contributed by atoms with E-state index in [4.69, 9.17) is 0 Å². The molecule has 34 heavy (non-hydrogen) atoms. The van der Waals surface area contributed by atoms with Crippen LogP contribution in [0.3, 0.4) is 0 Å².